The van der Waals surface area contributed by atoms with E-state index in [9.17, 15) is 8.42 Å². The van der Waals surface area contributed by atoms with Crippen LogP contribution in [0.5, 0.6) is 0 Å². The van der Waals surface area contributed by atoms with E-state index in [1.54, 1.807) is 7.11 Å². The van der Waals surface area contributed by atoms with Crippen LogP contribution in [-0.4, -0.2) is 56.7 Å². The van der Waals surface area contributed by atoms with Gasteiger partial charge in [0.05, 0.1) is 30.0 Å². The number of nitrogens with zero attached hydrogens (tertiary/aromatic N) is 2. The maximum atomic E-state index is 9.19. The second-order valence-electron chi connectivity index (χ2n) is 3.75. The van der Waals surface area contributed by atoms with E-state index in [2.05, 4.69) is 4.57 Å². The minimum atomic E-state index is -3.92. The predicted octanol–water partition coefficient (Wildman–Crippen LogP) is -1.38. The number of hydrogen-bond donors (Lipinski definition) is 1. The molecule has 1 N–H and O–H groups in total. The Balaban J connectivity index is 0. The van der Waals surface area contributed by atoms with Gasteiger partial charge in [-0.2, -0.15) is 8.42 Å². The van der Waals surface area contributed by atoms with Crippen molar-refractivity contribution in [3.05, 3.63) is 18.7 Å². The summed E-state index contributed by atoms with van der Waals surface area (Å²) in [6.45, 7) is 1.70. The third-order valence-corrected chi connectivity index (χ3v) is 1.38. The monoisotopic (exact) mass is 332 g/mol. The molecule has 0 amide bonds. The first kappa shape index (κ1) is 21.3. The van der Waals surface area contributed by atoms with Crippen LogP contribution in [0.15, 0.2) is 18.7 Å². The van der Waals surface area contributed by atoms with Crippen molar-refractivity contribution in [3.8, 4) is 0 Å². The van der Waals surface area contributed by atoms with Crippen LogP contribution in [-0.2, 0) is 38.6 Å². The molecule has 1 rings (SSSR count). The summed E-state index contributed by atoms with van der Waals surface area (Å²) in [7, 11) is -3.87. The highest BCUT2D eigenvalue weighted by Crippen LogP contribution is 1.82. The topological polar surface area (TPSA) is 130 Å². The van der Waals surface area contributed by atoms with Crippen molar-refractivity contribution in [2.24, 2.45) is 7.05 Å². The molecule has 11 heteroatoms. The fraction of sp³-hybridized carbons (Fsp3) is 0.667. The molecular formula is C9H20N2O7S2. The molecule has 0 unspecified atom stereocenters. The summed E-state index contributed by atoms with van der Waals surface area (Å²) in [5.41, 5.74) is 0. The number of hydrogen-bond acceptors (Lipinski definition) is 6. The largest absolute Gasteiger partial charge is 0.748 e. The molecule has 1 aromatic rings. The number of aromatic nitrogens is 2. The van der Waals surface area contributed by atoms with Gasteiger partial charge in [0.25, 0.3) is 10.1 Å². The van der Waals surface area contributed by atoms with Crippen molar-refractivity contribution < 1.29 is 35.2 Å². The van der Waals surface area contributed by atoms with Crippen LogP contribution in [0.3, 0.4) is 0 Å². The van der Waals surface area contributed by atoms with Crippen LogP contribution < -0.4 is 4.57 Å². The van der Waals surface area contributed by atoms with Crippen molar-refractivity contribution in [1.82, 2.24) is 4.57 Å². The minimum Gasteiger partial charge on any atom is -0.748 e. The summed E-state index contributed by atoms with van der Waals surface area (Å²) in [5, 5.41) is 0. The van der Waals surface area contributed by atoms with E-state index >= 15 is 0 Å². The summed E-state index contributed by atoms with van der Waals surface area (Å²) in [6, 6.07) is 0. The molecule has 0 spiro atoms. The number of rotatable bonds is 3. The van der Waals surface area contributed by atoms with Gasteiger partial charge in [0.2, 0.25) is 6.33 Å². The van der Waals surface area contributed by atoms with Crippen LogP contribution in [0.1, 0.15) is 0 Å². The zero-order valence-electron chi connectivity index (χ0n) is 11.8. The van der Waals surface area contributed by atoms with Gasteiger partial charge in [-0.1, -0.05) is 0 Å². The van der Waals surface area contributed by atoms with Crippen LogP contribution in [0.4, 0.5) is 0 Å². The number of imidazole rings is 1. The Bertz CT molecular complexity index is 517. The average molecular weight is 332 g/mol. The van der Waals surface area contributed by atoms with E-state index in [0.29, 0.717) is 12.5 Å². The highest BCUT2D eigenvalue weighted by molar-refractivity contribution is 7.85. The molecule has 120 valence electrons. The normalized spacial score (nSPS) is 10.9. The summed E-state index contributed by atoms with van der Waals surface area (Å²) >= 11 is 0. The van der Waals surface area contributed by atoms with Gasteiger partial charge >= 0.3 is 0 Å². The van der Waals surface area contributed by atoms with Gasteiger partial charge in [-0.25, -0.2) is 17.6 Å². The molecule has 0 aliphatic carbocycles. The van der Waals surface area contributed by atoms with Gasteiger partial charge < -0.3 is 9.29 Å². The highest BCUT2D eigenvalue weighted by Gasteiger charge is 1.96. The van der Waals surface area contributed by atoms with Gasteiger partial charge in [-0.15, -0.1) is 0 Å². The second-order valence-corrected chi connectivity index (χ2v) is 6.62. The van der Waals surface area contributed by atoms with Gasteiger partial charge in [0.1, 0.15) is 18.9 Å². The lowest BCUT2D eigenvalue weighted by molar-refractivity contribution is -0.671. The Labute approximate surface area is 119 Å². The molecule has 1 aromatic heterocycles. The lowest BCUT2D eigenvalue weighted by Crippen LogP contribution is -2.24. The van der Waals surface area contributed by atoms with E-state index in [-0.39, 0.29) is 0 Å². The van der Waals surface area contributed by atoms with Gasteiger partial charge in [-0.05, 0) is 0 Å². The van der Waals surface area contributed by atoms with Crippen molar-refractivity contribution in [2.45, 2.75) is 6.54 Å². The highest BCUT2D eigenvalue weighted by atomic mass is 32.2. The number of aryl methyl sites for hydroxylation is 1. The fourth-order valence-electron chi connectivity index (χ4n) is 0.831. The standard InChI is InChI=1S/C7H13N2O.2CH4O3S/c1-8-3-4-9(7-8)5-6-10-2;2*1-5(2,3)4/h3-4,7H,5-6H2,1-2H3;2*1H3,(H,2,3,4)/q+1;;/p-1. The molecular weight excluding hydrogens is 312 g/mol. The quantitative estimate of drug-likeness (QED) is 0.533. The lowest BCUT2D eigenvalue weighted by atomic mass is 10.7. The molecule has 0 aliphatic heterocycles. The van der Waals surface area contributed by atoms with Crippen LogP contribution >= 0.6 is 0 Å². The molecule has 0 bridgehead atoms. The fourth-order valence-corrected chi connectivity index (χ4v) is 0.831. The number of methoxy groups -OCH3 is 1. The molecule has 9 nitrogen and oxygen atoms in total. The molecule has 0 aromatic carbocycles. The van der Waals surface area contributed by atoms with E-state index in [1.807, 2.05) is 30.3 Å². The second kappa shape index (κ2) is 9.83. The van der Waals surface area contributed by atoms with Gasteiger partial charge in [0.15, 0.2) is 0 Å². The smallest absolute Gasteiger partial charge is 0.261 e. The third kappa shape index (κ3) is 30.2. The SMILES string of the molecule is COCCn1cc[n+](C)c1.CS(=O)(=O)O.CS(=O)(=O)[O-]. The summed E-state index contributed by atoms with van der Waals surface area (Å²) in [4.78, 5) is 0. The van der Waals surface area contributed by atoms with Crippen molar-refractivity contribution in [3.63, 3.8) is 0 Å². The predicted molar refractivity (Wildman–Crippen MR) is 70.6 cm³/mol. The van der Waals surface area contributed by atoms with Gasteiger partial charge in [-0.3, -0.25) is 4.55 Å². The number of ether oxygens (including phenoxy) is 1. The van der Waals surface area contributed by atoms with Crippen molar-refractivity contribution >= 4 is 20.2 Å². The van der Waals surface area contributed by atoms with Crippen molar-refractivity contribution in [2.75, 3.05) is 26.2 Å². The summed E-state index contributed by atoms with van der Waals surface area (Å²) in [6.07, 6.45) is 7.38. The summed E-state index contributed by atoms with van der Waals surface area (Å²) < 4.78 is 62.1. The third-order valence-electron chi connectivity index (χ3n) is 1.38. The molecule has 20 heavy (non-hydrogen) atoms. The van der Waals surface area contributed by atoms with Gasteiger partial charge in [0, 0.05) is 13.4 Å². The van der Waals surface area contributed by atoms with E-state index in [1.165, 1.54) is 0 Å². The maximum absolute atomic E-state index is 9.19. The van der Waals surface area contributed by atoms with E-state index in [0.717, 1.165) is 13.2 Å². The minimum absolute atomic E-state index is 0.604. The van der Waals surface area contributed by atoms with Crippen molar-refractivity contribution in [1.29, 1.82) is 0 Å². The van der Waals surface area contributed by atoms with Crippen LogP contribution in [0, 0.1) is 0 Å². The molecule has 0 fully saturated rings. The van der Waals surface area contributed by atoms with Crippen LogP contribution in [0.2, 0.25) is 0 Å². The van der Waals surface area contributed by atoms with E-state index in [4.69, 9.17) is 22.3 Å². The Kier molecular flexibility index (Phi) is 10.5. The van der Waals surface area contributed by atoms with Crippen LogP contribution in [0.25, 0.3) is 0 Å². The molecule has 0 saturated carbocycles. The van der Waals surface area contributed by atoms with E-state index < -0.39 is 20.2 Å². The molecule has 0 aliphatic rings. The Morgan fingerprint density at radius 3 is 1.95 bits per heavy atom. The first-order valence-corrected chi connectivity index (χ1v) is 8.82. The summed E-state index contributed by atoms with van der Waals surface area (Å²) in [5.74, 6) is 0. The zero-order chi connectivity index (χ0) is 16.4. The first-order chi connectivity index (χ1) is 8.83. The zero-order valence-corrected chi connectivity index (χ0v) is 13.4. The molecule has 0 saturated heterocycles. The molecule has 0 atom stereocenters. The Morgan fingerprint density at radius 2 is 1.70 bits per heavy atom. The molecule has 1 heterocycles. The Hall–Kier alpha value is -1.01. The molecule has 0 radical (unpaired) electrons. The Morgan fingerprint density at radius 1 is 1.30 bits per heavy atom. The maximum Gasteiger partial charge on any atom is 0.261 e. The first-order valence-electron chi connectivity index (χ1n) is 5.16. The lowest BCUT2D eigenvalue weighted by Gasteiger charge is -1.92. The average Bonchev–Trinajstić information content (AvgIpc) is 2.56.